The van der Waals surface area contributed by atoms with Gasteiger partial charge in [-0.15, -0.1) is 0 Å². The summed E-state index contributed by atoms with van der Waals surface area (Å²) in [4.78, 5) is 42.7. The Morgan fingerprint density at radius 3 is 2.05 bits per heavy atom. The third-order valence-corrected chi connectivity index (χ3v) is 8.94. The van der Waals surface area contributed by atoms with E-state index in [0.29, 0.717) is 6.42 Å². The summed E-state index contributed by atoms with van der Waals surface area (Å²) in [6.07, 6.45) is 2.97. The van der Waals surface area contributed by atoms with Gasteiger partial charge in [0.25, 0.3) is 11.8 Å². The molecular formula is C32H38N4O5S. The van der Waals surface area contributed by atoms with Gasteiger partial charge in [-0.1, -0.05) is 60.7 Å². The number of nitrogens with one attached hydrogen (secondary N) is 2. The zero-order valence-corrected chi connectivity index (χ0v) is 25.2. The molecule has 1 aliphatic rings. The van der Waals surface area contributed by atoms with Gasteiger partial charge >= 0.3 is 0 Å². The van der Waals surface area contributed by atoms with Crippen LogP contribution < -0.4 is 14.9 Å². The predicted octanol–water partition coefficient (Wildman–Crippen LogP) is 3.58. The molecule has 222 valence electrons. The minimum atomic E-state index is -3.69. The maximum Gasteiger partial charge on any atom is 0.251 e. The summed E-state index contributed by atoms with van der Waals surface area (Å²) in [7, 11) is -0.426. The summed E-state index contributed by atoms with van der Waals surface area (Å²) < 4.78 is 25.8. The van der Waals surface area contributed by atoms with Crippen LogP contribution in [0.15, 0.2) is 78.9 Å². The van der Waals surface area contributed by atoms with Crippen LogP contribution in [-0.2, 0) is 21.2 Å². The van der Waals surface area contributed by atoms with Gasteiger partial charge in [-0.05, 0) is 69.1 Å². The molecule has 0 bridgehead atoms. The van der Waals surface area contributed by atoms with Gasteiger partial charge in [-0.25, -0.2) is 8.42 Å². The number of likely N-dealkylation sites (tertiary alicyclic amines) is 1. The van der Waals surface area contributed by atoms with Crippen molar-refractivity contribution in [1.29, 1.82) is 0 Å². The second kappa shape index (κ2) is 13.3. The number of hydrogen-bond acceptors (Lipinski definition) is 6. The smallest absolute Gasteiger partial charge is 0.251 e. The molecule has 3 aromatic rings. The number of anilines is 1. The van der Waals surface area contributed by atoms with Gasteiger partial charge < -0.3 is 10.6 Å². The van der Waals surface area contributed by atoms with E-state index in [1.807, 2.05) is 79.5 Å². The zero-order chi connectivity index (χ0) is 30.4. The number of sulfonamides is 1. The van der Waals surface area contributed by atoms with Gasteiger partial charge in [0, 0.05) is 18.2 Å². The average Bonchev–Trinajstić information content (AvgIpc) is 3.41. The van der Waals surface area contributed by atoms with Crippen LogP contribution in [0.1, 0.15) is 57.7 Å². The quantitative estimate of drug-likeness (QED) is 0.353. The van der Waals surface area contributed by atoms with Gasteiger partial charge in [-0.3, -0.25) is 23.6 Å². The van der Waals surface area contributed by atoms with Crippen molar-refractivity contribution in [2.24, 2.45) is 0 Å². The number of benzene rings is 3. The molecular weight excluding hydrogens is 552 g/mol. The number of hydrogen-bond donors (Lipinski definition) is 2. The van der Waals surface area contributed by atoms with Crippen LogP contribution in [0.4, 0.5) is 5.69 Å². The third kappa shape index (κ3) is 7.63. The fourth-order valence-corrected chi connectivity index (χ4v) is 5.66. The lowest BCUT2D eigenvalue weighted by atomic mass is 9.96. The first-order valence-corrected chi connectivity index (χ1v) is 15.8. The molecule has 3 aromatic carbocycles. The Labute approximate surface area is 248 Å². The highest BCUT2D eigenvalue weighted by Gasteiger charge is 2.34. The number of rotatable bonds is 11. The number of nitrogens with zero attached hydrogens (tertiary/aromatic N) is 2. The van der Waals surface area contributed by atoms with Crippen molar-refractivity contribution in [3.63, 3.8) is 0 Å². The highest BCUT2D eigenvalue weighted by Crippen LogP contribution is 2.23. The zero-order valence-electron chi connectivity index (χ0n) is 24.4. The van der Waals surface area contributed by atoms with Crippen LogP contribution in [0, 0.1) is 0 Å². The lowest BCUT2D eigenvalue weighted by Crippen LogP contribution is -2.49. The fourth-order valence-electron chi connectivity index (χ4n) is 5.17. The maximum absolute atomic E-state index is 13.7. The van der Waals surface area contributed by atoms with E-state index in [0.717, 1.165) is 41.1 Å². The molecule has 0 radical (unpaired) electrons. The van der Waals surface area contributed by atoms with Crippen LogP contribution in [0.3, 0.4) is 0 Å². The van der Waals surface area contributed by atoms with Crippen molar-refractivity contribution in [2.75, 3.05) is 31.2 Å². The van der Waals surface area contributed by atoms with Gasteiger partial charge in [0.15, 0.2) is 5.78 Å². The monoisotopic (exact) mass is 590 g/mol. The Hall–Kier alpha value is -4.02. The van der Waals surface area contributed by atoms with Crippen LogP contribution in [0.2, 0.25) is 0 Å². The summed E-state index contributed by atoms with van der Waals surface area (Å²) >= 11 is 0. The second-order valence-electron chi connectivity index (χ2n) is 10.9. The summed E-state index contributed by atoms with van der Waals surface area (Å²) in [5.74, 6) is -1.11. The van der Waals surface area contributed by atoms with Crippen LogP contribution >= 0.6 is 0 Å². The van der Waals surface area contributed by atoms with Crippen molar-refractivity contribution in [1.82, 2.24) is 15.5 Å². The standard InChI is InChI=1S/C32H38N4O5S/c1-22(24-14-9-6-10-15-24)33-31(38)25-19-26(21-27(20-25)36(3)42(4,40)41)32(39)34-28(18-23-12-7-5-8-13-23)30(37)29-16-11-17-35(29)2/h5-10,12-15,19-22,28-29H,11,16-18H2,1-4H3,(H,33,38)(H,34,39). The number of carbonyl (C=O) groups excluding carboxylic acids is 3. The summed E-state index contributed by atoms with van der Waals surface area (Å²) in [5, 5.41) is 5.82. The van der Waals surface area contributed by atoms with E-state index in [-0.39, 0.29) is 34.7 Å². The predicted molar refractivity (Wildman–Crippen MR) is 164 cm³/mol. The average molecular weight is 591 g/mol. The highest BCUT2D eigenvalue weighted by atomic mass is 32.2. The van der Waals surface area contributed by atoms with Gasteiger partial charge in [0.2, 0.25) is 10.0 Å². The first-order chi connectivity index (χ1) is 19.9. The molecule has 10 heteroatoms. The van der Waals surface area contributed by atoms with E-state index >= 15 is 0 Å². The van der Waals surface area contributed by atoms with E-state index in [1.165, 1.54) is 25.2 Å². The SMILES string of the molecule is CC(NC(=O)c1cc(C(=O)NC(Cc2ccccc2)C(=O)C2CCCN2C)cc(N(C)S(C)(=O)=O)c1)c1ccccc1. The summed E-state index contributed by atoms with van der Waals surface area (Å²) in [6, 6.07) is 21.7. The Bertz CT molecular complexity index is 1530. The molecule has 42 heavy (non-hydrogen) atoms. The summed E-state index contributed by atoms with van der Waals surface area (Å²) in [5.41, 5.74) is 2.15. The lowest BCUT2D eigenvalue weighted by Gasteiger charge is -2.25. The van der Waals surface area contributed by atoms with Crippen molar-refractivity contribution in [2.45, 2.75) is 44.3 Å². The van der Waals surface area contributed by atoms with E-state index in [1.54, 1.807) is 0 Å². The maximum atomic E-state index is 13.7. The minimum absolute atomic E-state index is 0.0751. The molecule has 3 unspecified atom stereocenters. The third-order valence-electron chi connectivity index (χ3n) is 7.73. The Kier molecular flexibility index (Phi) is 9.80. The second-order valence-corrected chi connectivity index (χ2v) is 12.9. The molecule has 9 nitrogen and oxygen atoms in total. The van der Waals surface area contributed by atoms with Crippen LogP contribution in [0.25, 0.3) is 0 Å². The number of amides is 2. The Morgan fingerprint density at radius 1 is 0.929 bits per heavy atom. The molecule has 0 aliphatic carbocycles. The van der Waals surface area contributed by atoms with E-state index < -0.39 is 27.9 Å². The molecule has 1 aliphatic heterocycles. The summed E-state index contributed by atoms with van der Waals surface area (Å²) in [6.45, 7) is 2.65. The Morgan fingerprint density at radius 2 is 1.50 bits per heavy atom. The normalized spacial score (nSPS) is 16.8. The van der Waals surface area contributed by atoms with Crippen LogP contribution in [-0.4, -0.2) is 69.9 Å². The molecule has 1 saturated heterocycles. The molecule has 0 spiro atoms. The van der Waals surface area contributed by atoms with Gasteiger partial charge in [0.05, 0.1) is 30.1 Å². The molecule has 0 aromatic heterocycles. The lowest BCUT2D eigenvalue weighted by molar-refractivity contribution is -0.124. The van der Waals surface area contributed by atoms with E-state index in [2.05, 4.69) is 10.6 Å². The van der Waals surface area contributed by atoms with E-state index in [9.17, 15) is 22.8 Å². The first kappa shape index (κ1) is 30.9. The van der Waals surface area contributed by atoms with Crippen molar-refractivity contribution in [3.05, 3.63) is 101 Å². The molecule has 2 amide bonds. The topological polar surface area (TPSA) is 116 Å². The number of ketones is 1. The number of likely N-dealkylation sites (N-methyl/N-ethyl adjacent to an activating group) is 1. The molecule has 1 heterocycles. The molecule has 4 rings (SSSR count). The van der Waals surface area contributed by atoms with Crippen molar-refractivity contribution >= 4 is 33.3 Å². The molecule has 3 atom stereocenters. The highest BCUT2D eigenvalue weighted by molar-refractivity contribution is 7.92. The van der Waals surface area contributed by atoms with Crippen molar-refractivity contribution < 1.29 is 22.8 Å². The van der Waals surface area contributed by atoms with E-state index in [4.69, 9.17) is 0 Å². The Balaban J connectivity index is 1.65. The first-order valence-electron chi connectivity index (χ1n) is 14.0. The fraction of sp³-hybridized carbons (Fsp3) is 0.344. The van der Waals surface area contributed by atoms with Crippen LogP contribution in [0.5, 0.6) is 0 Å². The molecule has 0 saturated carbocycles. The molecule has 1 fully saturated rings. The number of Topliss-reactive ketones (excluding diaryl/α,β-unsaturated/α-hetero) is 1. The number of carbonyl (C=O) groups is 3. The largest absolute Gasteiger partial charge is 0.346 e. The molecule has 2 N–H and O–H groups in total. The van der Waals surface area contributed by atoms with Gasteiger partial charge in [-0.2, -0.15) is 0 Å². The van der Waals surface area contributed by atoms with Crippen molar-refractivity contribution in [3.8, 4) is 0 Å². The minimum Gasteiger partial charge on any atom is -0.346 e. The van der Waals surface area contributed by atoms with Gasteiger partial charge in [0.1, 0.15) is 0 Å².